The number of aromatic nitrogens is 3. The Morgan fingerprint density at radius 2 is 2.14 bits per heavy atom. The minimum absolute atomic E-state index is 0.0608. The molecule has 2 fully saturated rings. The van der Waals surface area contributed by atoms with E-state index in [0.29, 0.717) is 11.8 Å². The number of hydrogen-bond donors (Lipinski definition) is 0. The number of amides is 1. The first kappa shape index (κ1) is 14.5. The van der Waals surface area contributed by atoms with E-state index in [2.05, 4.69) is 10.1 Å². The van der Waals surface area contributed by atoms with Crippen LogP contribution in [0.3, 0.4) is 0 Å². The Labute approximate surface area is 125 Å². The third kappa shape index (κ3) is 3.43. The van der Waals surface area contributed by atoms with E-state index in [9.17, 15) is 4.79 Å². The van der Waals surface area contributed by atoms with Crippen molar-refractivity contribution in [1.29, 1.82) is 0 Å². The molecule has 3 rings (SSSR count). The van der Waals surface area contributed by atoms with Gasteiger partial charge in [0.2, 0.25) is 5.91 Å². The molecule has 3 heterocycles. The quantitative estimate of drug-likeness (QED) is 0.843. The summed E-state index contributed by atoms with van der Waals surface area (Å²) in [6.07, 6.45) is 7.48. The molecule has 0 radical (unpaired) electrons. The molecule has 2 aliphatic rings. The zero-order chi connectivity index (χ0) is 14.7. The van der Waals surface area contributed by atoms with Gasteiger partial charge < -0.3 is 9.64 Å². The molecule has 21 heavy (non-hydrogen) atoms. The molecule has 2 atom stereocenters. The van der Waals surface area contributed by atoms with E-state index < -0.39 is 0 Å². The number of carbonyl (C=O) groups is 1. The molecule has 1 amide bonds. The van der Waals surface area contributed by atoms with Gasteiger partial charge in [0.05, 0.1) is 12.0 Å². The highest BCUT2D eigenvalue weighted by atomic mass is 16.5. The Morgan fingerprint density at radius 1 is 1.33 bits per heavy atom. The van der Waals surface area contributed by atoms with Gasteiger partial charge in [0.25, 0.3) is 0 Å². The highest BCUT2D eigenvalue weighted by Crippen LogP contribution is 2.26. The van der Waals surface area contributed by atoms with Crippen molar-refractivity contribution in [3.05, 3.63) is 12.7 Å². The van der Waals surface area contributed by atoms with E-state index in [1.54, 1.807) is 12.7 Å². The molecular weight excluding hydrogens is 268 g/mol. The van der Waals surface area contributed by atoms with Gasteiger partial charge in [0.1, 0.15) is 12.7 Å². The minimum atomic E-state index is 0.0608. The van der Waals surface area contributed by atoms with Gasteiger partial charge >= 0.3 is 0 Å². The molecule has 2 saturated heterocycles. The number of likely N-dealkylation sites (tertiary alicyclic amines) is 1. The van der Waals surface area contributed by atoms with Crippen molar-refractivity contribution in [2.75, 3.05) is 19.7 Å². The highest BCUT2D eigenvalue weighted by molar-refractivity contribution is 5.79. The molecular formula is C15H24N4O2. The van der Waals surface area contributed by atoms with Crippen molar-refractivity contribution in [2.45, 2.75) is 45.3 Å². The zero-order valence-electron chi connectivity index (χ0n) is 12.6. The Kier molecular flexibility index (Phi) is 4.53. The van der Waals surface area contributed by atoms with Crippen LogP contribution in [-0.4, -0.2) is 51.4 Å². The molecule has 0 N–H and O–H groups in total. The number of carbonyl (C=O) groups excluding carboxylic acids is 1. The van der Waals surface area contributed by atoms with Crippen molar-refractivity contribution in [1.82, 2.24) is 19.7 Å². The minimum Gasteiger partial charge on any atom is -0.378 e. The monoisotopic (exact) mass is 292 g/mol. The van der Waals surface area contributed by atoms with Crippen LogP contribution in [0.25, 0.3) is 0 Å². The van der Waals surface area contributed by atoms with Gasteiger partial charge in [-0.1, -0.05) is 0 Å². The van der Waals surface area contributed by atoms with Crippen LogP contribution in [0.1, 0.15) is 32.6 Å². The van der Waals surface area contributed by atoms with Crippen LogP contribution in [-0.2, 0) is 16.1 Å². The van der Waals surface area contributed by atoms with Gasteiger partial charge in [-0.05, 0) is 38.5 Å². The summed E-state index contributed by atoms with van der Waals surface area (Å²) in [4.78, 5) is 18.6. The molecule has 0 bridgehead atoms. The third-order valence-electron chi connectivity index (χ3n) is 4.76. The van der Waals surface area contributed by atoms with Crippen LogP contribution < -0.4 is 0 Å². The Bertz CT molecular complexity index is 454. The smallest absolute Gasteiger partial charge is 0.228 e. The predicted octanol–water partition coefficient (Wildman–Crippen LogP) is 1.33. The van der Waals surface area contributed by atoms with Crippen molar-refractivity contribution < 1.29 is 9.53 Å². The lowest BCUT2D eigenvalue weighted by molar-refractivity contribution is -0.145. The van der Waals surface area contributed by atoms with Crippen molar-refractivity contribution >= 4 is 5.91 Å². The summed E-state index contributed by atoms with van der Waals surface area (Å²) in [5, 5.41) is 4.16. The molecule has 116 valence electrons. The maximum absolute atomic E-state index is 12.6. The van der Waals surface area contributed by atoms with E-state index in [4.69, 9.17) is 4.74 Å². The molecule has 6 nitrogen and oxygen atoms in total. The number of ether oxygens (including phenoxy) is 1. The van der Waals surface area contributed by atoms with E-state index in [-0.39, 0.29) is 12.0 Å². The molecule has 0 saturated carbocycles. The molecule has 0 unspecified atom stereocenters. The Hall–Kier alpha value is -1.43. The average molecular weight is 292 g/mol. The van der Waals surface area contributed by atoms with Gasteiger partial charge in [0.15, 0.2) is 0 Å². The summed E-state index contributed by atoms with van der Waals surface area (Å²) in [7, 11) is 0. The molecule has 1 aromatic rings. The fourth-order valence-corrected chi connectivity index (χ4v) is 3.41. The van der Waals surface area contributed by atoms with Crippen molar-refractivity contribution in [3.63, 3.8) is 0 Å². The second kappa shape index (κ2) is 6.56. The first-order valence-electron chi connectivity index (χ1n) is 7.97. The van der Waals surface area contributed by atoms with Gasteiger partial charge in [-0.2, -0.15) is 5.10 Å². The number of hydrogen-bond acceptors (Lipinski definition) is 4. The fraction of sp³-hybridized carbons (Fsp3) is 0.800. The van der Waals surface area contributed by atoms with Crippen LogP contribution in [0.2, 0.25) is 0 Å². The molecule has 0 aromatic carbocycles. The second-order valence-electron chi connectivity index (χ2n) is 6.21. The van der Waals surface area contributed by atoms with Crippen LogP contribution in [0.4, 0.5) is 0 Å². The maximum Gasteiger partial charge on any atom is 0.228 e. The summed E-state index contributed by atoms with van der Waals surface area (Å²) >= 11 is 0. The van der Waals surface area contributed by atoms with Crippen LogP contribution in [0, 0.1) is 11.8 Å². The zero-order valence-corrected chi connectivity index (χ0v) is 12.6. The molecule has 0 aliphatic carbocycles. The van der Waals surface area contributed by atoms with Gasteiger partial charge in [-0.15, -0.1) is 0 Å². The number of piperidine rings is 1. The largest absolute Gasteiger partial charge is 0.378 e. The lowest BCUT2D eigenvalue weighted by Crippen LogP contribution is -2.46. The normalized spacial score (nSPS) is 27.8. The van der Waals surface area contributed by atoms with E-state index >= 15 is 0 Å². The third-order valence-corrected chi connectivity index (χ3v) is 4.76. The molecule has 1 aromatic heterocycles. The first-order valence-corrected chi connectivity index (χ1v) is 7.97. The number of rotatable bonds is 3. The number of nitrogens with zero attached hydrogens (tertiary/aromatic N) is 4. The van der Waals surface area contributed by atoms with Crippen LogP contribution in [0.5, 0.6) is 0 Å². The summed E-state index contributed by atoms with van der Waals surface area (Å²) in [5.74, 6) is 0.947. The standard InChI is InChI=1S/C15H24N4O2/c1-12-14(3-2-8-21-12)15(20)18-6-4-13(5-7-18)9-19-11-16-10-17-19/h10-14H,2-9H2,1H3/t12-,14+/m0/s1. The SMILES string of the molecule is C[C@@H]1OCCC[C@H]1C(=O)N1CCC(Cn2cncn2)CC1. The predicted molar refractivity (Wildman–Crippen MR) is 77.5 cm³/mol. The topological polar surface area (TPSA) is 60.2 Å². The summed E-state index contributed by atoms with van der Waals surface area (Å²) < 4.78 is 7.52. The fourth-order valence-electron chi connectivity index (χ4n) is 3.41. The summed E-state index contributed by atoms with van der Waals surface area (Å²) in [6, 6.07) is 0. The Morgan fingerprint density at radius 3 is 2.81 bits per heavy atom. The second-order valence-corrected chi connectivity index (χ2v) is 6.21. The van der Waals surface area contributed by atoms with Crippen LogP contribution >= 0.6 is 0 Å². The maximum atomic E-state index is 12.6. The van der Waals surface area contributed by atoms with E-state index in [0.717, 1.165) is 51.9 Å². The average Bonchev–Trinajstić information content (AvgIpc) is 3.01. The lowest BCUT2D eigenvalue weighted by Gasteiger charge is -2.37. The van der Waals surface area contributed by atoms with Gasteiger partial charge in [-0.3, -0.25) is 9.48 Å². The van der Waals surface area contributed by atoms with Crippen molar-refractivity contribution in [2.24, 2.45) is 11.8 Å². The highest BCUT2D eigenvalue weighted by Gasteiger charge is 2.33. The van der Waals surface area contributed by atoms with E-state index in [1.807, 2.05) is 16.5 Å². The summed E-state index contributed by atoms with van der Waals surface area (Å²) in [5.41, 5.74) is 0. The van der Waals surface area contributed by atoms with Crippen molar-refractivity contribution in [3.8, 4) is 0 Å². The van der Waals surface area contributed by atoms with E-state index in [1.165, 1.54) is 0 Å². The molecule has 0 spiro atoms. The molecule has 6 heteroatoms. The lowest BCUT2D eigenvalue weighted by atomic mass is 9.91. The first-order chi connectivity index (χ1) is 10.2. The van der Waals surface area contributed by atoms with Crippen LogP contribution in [0.15, 0.2) is 12.7 Å². The Balaban J connectivity index is 1.49. The van der Waals surface area contributed by atoms with Gasteiger partial charge in [0, 0.05) is 26.2 Å². The van der Waals surface area contributed by atoms with Gasteiger partial charge in [-0.25, -0.2) is 4.98 Å². The molecule has 2 aliphatic heterocycles. The summed E-state index contributed by atoms with van der Waals surface area (Å²) in [6.45, 7) is 5.46.